The maximum Gasteiger partial charge on any atom is 0.237 e. The molecule has 1 aromatic rings. The first-order valence-corrected chi connectivity index (χ1v) is 8.82. The number of amides is 1. The van der Waals surface area contributed by atoms with Gasteiger partial charge in [-0.3, -0.25) is 4.79 Å². The predicted molar refractivity (Wildman–Crippen MR) is 89.9 cm³/mol. The van der Waals surface area contributed by atoms with E-state index in [2.05, 4.69) is 0 Å². The summed E-state index contributed by atoms with van der Waals surface area (Å²) in [6.07, 6.45) is 0. The Morgan fingerprint density at radius 1 is 1.27 bits per heavy atom. The molecule has 1 saturated heterocycles. The van der Waals surface area contributed by atoms with Crippen LogP contribution in [0.15, 0.2) is 30.3 Å². The molecule has 124 valence electrons. The van der Waals surface area contributed by atoms with Crippen molar-refractivity contribution in [1.82, 2.24) is 4.90 Å². The van der Waals surface area contributed by atoms with Gasteiger partial charge in [0.25, 0.3) is 0 Å². The Morgan fingerprint density at radius 2 is 1.86 bits per heavy atom. The molecule has 2 atom stereocenters. The van der Waals surface area contributed by atoms with Crippen LogP contribution in [-0.2, 0) is 14.6 Å². The van der Waals surface area contributed by atoms with Crippen molar-refractivity contribution in [2.45, 2.75) is 31.1 Å². The molecule has 0 aliphatic carbocycles. The highest BCUT2D eigenvalue weighted by Crippen LogP contribution is 2.26. The van der Waals surface area contributed by atoms with E-state index in [4.69, 9.17) is 5.73 Å². The van der Waals surface area contributed by atoms with E-state index in [9.17, 15) is 13.2 Å². The average Bonchev–Trinajstić information content (AvgIpc) is 2.81. The molecule has 0 aromatic heterocycles. The molecule has 1 aliphatic heterocycles. The lowest BCUT2D eigenvalue weighted by Crippen LogP contribution is -2.37. The molecule has 1 fully saturated rings. The van der Waals surface area contributed by atoms with Crippen LogP contribution >= 0.6 is 12.4 Å². The fourth-order valence-corrected chi connectivity index (χ4v) is 3.38. The zero-order chi connectivity index (χ0) is 15.6. The summed E-state index contributed by atoms with van der Waals surface area (Å²) in [5, 5.41) is -0.539. The third kappa shape index (κ3) is 4.21. The van der Waals surface area contributed by atoms with Gasteiger partial charge < -0.3 is 10.6 Å². The molecule has 1 heterocycles. The van der Waals surface area contributed by atoms with Crippen molar-refractivity contribution in [2.24, 2.45) is 5.73 Å². The second-order valence-corrected chi connectivity index (χ2v) is 8.39. The molecule has 22 heavy (non-hydrogen) atoms. The number of carbonyl (C=O) groups excluding carboxylic acids is 1. The maximum absolute atomic E-state index is 12.2. The van der Waals surface area contributed by atoms with Gasteiger partial charge in [-0.25, -0.2) is 8.42 Å². The molecule has 0 unspecified atom stereocenters. The van der Waals surface area contributed by atoms with Crippen LogP contribution < -0.4 is 5.73 Å². The topological polar surface area (TPSA) is 80.5 Å². The number of rotatable bonds is 4. The largest absolute Gasteiger partial charge is 0.340 e. The van der Waals surface area contributed by atoms with Crippen molar-refractivity contribution in [3.05, 3.63) is 35.9 Å². The maximum atomic E-state index is 12.2. The summed E-state index contributed by atoms with van der Waals surface area (Å²) in [6.45, 7) is 4.07. The van der Waals surface area contributed by atoms with E-state index in [0.29, 0.717) is 13.1 Å². The van der Waals surface area contributed by atoms with E-state index < -0.39 is 20.8 Å². The molecule has 1 aliphatic rings. The highest BCUT2D eigenvalue weighted by Gasteiger charge is 2.35. The highest BCUT2D eigenvalue weighted by atomic mass is 35.5. The quantitative estimate of drug-likeness (QED) is 0.887. The van der Waals surface area contributed by atoms with E-state index >= 15 is 0 Å². The monoisotopic (exact) mass is 346 g/mol. The third-order valence-electron chi connectivity index (χ3n) is 3.99. The normalized spacial score (nSPS) is 21.7. The smallest absolute Gasteiger partial charge is 0.237 e. The van der Waals surface area contributed by atoms with E-state index in [1.165, 1.54) is 0 Å². The second-order valence-electron chi connectivity index (χ2n) is 5.84. The number of likely N-dealkylation sites (tertiary alicyclic amines) is 1. The van der Waals surface area contributed by atoms with Crippen LogP contribution in [-0.4, -0.2) is 49.4 Å². The van der Waals surface area contributed by atoms with Gasteiger partial charge in [0.05, 0.1) is 5.25 Å². The van der Waals surface area contributed by atoms with E-state index in [1.54, 1.807) is 18.7 Å². The molecule has 0 radical (unpaired) electrons. The van der Waals surface area contributed by atoms with Crippen LogP contribution in [0.2, 0.25) is 0 Å². The Bertz CT molecular complexity index is 604. The Balaban J connectivity index is 0.00000242. The van der Waals surface area contributed by atoms with Gasteiger partial charge in [0.1, 0.15) is 5.75 Å². The van der Waals surface area contributed by atoms with Crippen molar-refractivity contribution in [3.8, 4) is 0 Å². The molecule has 0 spiro atoms. The van der Waals surface area contributed by atoms with Crippen LogP contribution in [0, 0.1) is 0 Å². The summed E-state index contributed by atoms with van der Waals surface area (Å²) >= 11 is 0. The van der Waals surface area contributed by atoms with Crippen LogP contribution in [0.5, 0.6) is 0 Å². The number of benzene rings is 1. The molecule has 2 rings (SSSR count). The van der Waals surface area contributed by atoms with Gasteiger partial charge in [-0.05, 0) is 19.4 Å². The number of nitrogens with two attached hydrogens (primary N) is 1. The first kappa shape index (κ1) is 18.9. The Morgan fingerprint density at radius 3 is 2.41 bits per heavy atom. The standard InChI is InChI=1S/C15H22N2O3S.ClH/c1-11(2)21(19,20)10-15(18)17-8-13(14(16)9-17)12-6-4-3-5-7-12;/h3-7,11,13-14H,8-10,16H2,1-2H3;1H/t13-,14+;/m0./s1. The van der Waals surface area contributed by atoms with Gasteiger partial charge in [-0.2, -0.15) is 0 Å². The lowest BCUT2D eigenvalue weighted by atomic mass is 9.95. The number of halogens is 1. The van der Waals surface area contributed by atoms with Gasteiger partial charge in [0.2, 0.25) is 5.91 Å². The molecule has 1 amide bonds. The number of carbonyl (C=O) groups is 1. The lowest BCUT2D eigenvalue weighted by molar-refractivity contribution is -0.127. The van der Waals surface area contributed by atoms with Crippen molar-refractivity contribution in [1.29, 1.82) is 0 Å². The Labute approximate surface area is 138 Å². The van der Waals surface area contributed by atoms with E-state index in [0.717, 1.165) is 5.56 Å². The molecule has 0 bridgehead atoms. The first-order valence-electron chi connectivity index (χ1n) is 7.11. The predicted octanol–water partition coefficient (Wildman–Crippen LogP) is 1.18. The minimum atomic E-state index is -3.37. The summed E-state index contributed by atoms with van der Waals surface area (Å²) in [4.78, 5) is 13.8. The van der Waals surface area contributed by atoms with Gasteiger partial charge >= 0.3 is 0 Å². The van der Waals surface area contributed by atoms with Crippen LogP contribution in [0.3, 0.4) is 0 Å². The molecular weight excluding hydrogens is 324 g/mol. The lowest BCUT2D eigenvalue weighted by Gasteiger charge is -2.17. The number of hydrogen-bond donors (Lipinski definition) is 1. The molecule has 7 heteroatoms. The van der Waals surface area contributed by atoms with Gasteiger partial charge in [0.15, 0.2) is 9.84 Å². The fourth-order valence-electron chi connectivity index (χ4n) is 2.52. The summed E-state index contributed by atoms with van der Waals surface area (Å²) in [5.41, 5.74) is 7.21. The molecule has 0 saturated carbocycles. The summed E-state index contributed by atoms with van der Waals surface area (Å²) in [5.74, 6) is -0.715. The van der Waals surface area contributed by atoms with E-state index in [-0.39, 0.29) is 30.3 Å². The van der Waals surface area contributed by atoms with Crippen molar-refractivity contribution in [2.75, 3.05) is 18.8 Å². The zero-order valence-electron chi connectivity index (χ0n) is 12.8. The third-order valence-corrected chi connectivity index (χ3v) is 6.07. The Hall–Kier alpha value is -1.11. The fraction of sp³-hybridized carbons (Fsp3) is 0.533. The minimum Gasteiger partial charge on any atom is -0.340 e. The molecule has 2 N–H and O–H groups in total. The summed E-state index contributed by atoms with van der Waals surface area (Å²) in [7, 11) is -3.37. The molecule has 5 nitrogen and oxygen atoms in total. The van der Waals surface area contributed by atoms with Crippen LogP contribution in [0.1, 0.15) is 25.3 Å². The van der Waals surface area contributed by atoms with Gasteiger partial charge in [0, 0.05) is 25.0 Å². The van der Waals surface area contributed by atoms with Gasteiger partial charge in [-0.1, -0.05) is 30.3 Å². The minimum absolute atomic E-state index is 0. The van der Waals surface area contributed by atoms with Crippen molar-refractivity contribution < 1.29 is 13.2 Å². The first-order chi connectivity index (χ1) is 9.81. The molecular formula is C15H23ClN2O3S. The summed E-state index contributed by atoms with van der Waals surface area (Å²) < 4.78 is 23.7. The average molecular weight is 347 g/mol. The molecule has 1 aromatic carbocycles. The zero-order valence-corrected chi connectivity index (χ0v) is 14.4. The number of hydrogen-bond acceptors (Lipinski definition) is 4. The number of nitrogens with zero attached hydrogens (tertiary/aromatic N) is 1. The second kappa shape index (κ2) is 7.44. The SMILES string of the molecule is CC(C)S(=O)(=O)CC(=O)N1C[C@@H](N)[C@H](c2ccccc2)C1.Cl. The highest BCUT2D eigenvalue weighted by molar-refractivity contribution is 7.92. The number of sulfone groups is 1. The van der Waals surface area contributed by atoms with Crippen LogP contribution in [0.4, 0.5) is 0 Å². The van der Waals surface area contributed by atoms with Crippen molar-refractivity contribution in [3.63, 3.8) is 0 Å². The van der Waals surface area contributed by atoms with Crippen molar-refractivity contribution >= 4 is 28.2 Å². The van der Waals surface area contributed by atoms with E-state index in [1.807, 2.05) is 30.3 Å². The van der Waals surface area contributed by atoms with Gasteiger partial charge in [-0.15, -0.1) is 12.4 Å². The summed E-state index contributed by atoms with van der Waals surface area (Å²) in [6, 6.07) is 9.64. The Kier molecular flexibility index (Phi) is 6.40. The van der Waals surface area contributed by atoms with Crippen LogP contribution in [0.25, 0.3) is 0 Å².